The fourth-order valence-corrected chi connectivity index (χ4v) is 3.95. The lowest BCUT2D eigenvalue weighted by atomic mass is 9.96. The van der Waals surface area contributed by atoms with Crippen molar-refractivity contribution in [1.82, 2.24) is 19.8 Å². The maximum atomic E-state index is 12.8. The van der Waals surface area contributed by atoms with Crippen LogP contribution in [-0.4, -0.2) is 34.0 Å². The average Bonchev–Trinajstić information content (AvgIpc) is 3.17. The third-order valence-corrected chi connectivity index (χ3v) is 5.16. The van der Waals surface area contributed by atoms with Crippen molar-refractivity contribution >= 4 is 22.8 Å². The second-order valence-corrected chi connectivity index (χ2v) is 6.58. The lowest BCUT2D eigenvalue weighted by molar-refractivity contribution is -0.135. The Morgan fingerprint density at radius 1 is 1.17 bits per heavy atom. The van der Waals surface area contributed by atoms with Crippen molar-refractivity contribution in [2.75, 3.05) is 13.1 Å². The Labute approximate surface area is 138 Å². The fraction of sp³-hybridized carbons (Fsp3) is 0.471. The first-order chi connectivity index (χ1) is 11.6. The van der Waals surface area contributed by atoms with Gasteiger partial charge >= 0.3 is 5.69 Å². The maximum Gasteiger partial charge on any atom is 0.329 e. The molecule has 3 heterocycles. The zero-order chi connectivity index (χ0) is 16.8. The number of piperidine rings is 1. The monoisotopic (exact) mass is 328 g/mol. The number of imidazole rings is 1. The van der Waals surface area contributed by atoms with Gasteiger partial charge < -0.3 is 5.32 Å². The summed E-state index contributed by atoms with van der Waals surface area (Å²) in [6.45, 7) is 1.87. The lowest BCUT2D eigenvalue weighted by Gasteiger charge is -2.22. The van der Waals surface area contributed by atoms with Crippen LogP contribution in [0.5, 0.6) is 0 Å². The summed E-state index contributed by atoms with van der Waals surface area (Å²) >= 11 is 0. The van der Waals surface area contributed by atoms with Gasteiger partial charge in [0.2, 0.25) is 11.8 Å². The number of nitrogens with zero attached hydrogens (tertiary/aromatic N) is 2. The van der Waals surface area contributed by atoms with E-state index in [1.54, 1.807) is 16.2 Å². The van der Waals surface area contributed by atoms with Crippen LogP contribution in [0.2, 0.25) is 0 Å². The van der Waals surface area contributed by atoms with Crippen molar-refractivity contribution in [1.29, 1.82) is 0 Å². The Morgan fingerprint density at radius 2 is 2.00 bits per heavy atom. The van der Waals surface area contributed by atoms with E-state index in [2.05, 4.69) is 16.7 Å². The van der Waals surface area contributed by atoms with Gasteiger partial charge in [0, 0.05) is 20.0 Å². The van der Waals surface area contributed by atoms with Gasteiger partial charge in [-0.2, -0.15) is 0 Å². The minimum Gasteiger partial charge on any atom is -0.316 e. The largest absolute Gasteiger partial charge is 0.329 e. The molecule has 126 valence electrons. The van der Waals surface area contributed by atoms with E-state index in [1.807, 2.05) is 12.1 Å². The number of nitrogens with one attached hydrogen (secondary N) is 2. The summed E-state index contributed by atoms with van der Waals surface area (Å²) in [5, 5.41) is 5.70. The normalized spacial score (nSPS) is 24.5. The van der Waals surface area contributed by atoms with Gasteiger partial charge in [0.1, 0.15) is 6.04 Å². The highest BCUT2D eigenvalue weighted by atomic mass is 16.2. The summed E-state index contributed by atoms with van der Waals surface area (Å²) in [5.41, 5.74) is 2.59. The zero-order valence-corrected chi connectivity index (χ0v) is 13.5. The van der Waals surface area contributed by atoms with E-state index in [0.717, 1.165) is 36.1 Å². The molecule has 0 radical (unpaired) electrons. The Balaban J connectivity index is 1.90. The van der Waals surface area contributed by atoms with Gasteiger partial charge in [-0.1, -0.05) is 12.1 Å². The standard InChI is InChI=1S/C17H20N4O3/c1-20-15-11(10-7-8-18-9-10)3-2-4-12(15)21(17(20)24)13-5-6-14(22)19-16(13)23/h2-4,10,13,18H,5-9H2,1H3,(H,19,22,23). The van der Waals surface area contributed by atoms with Crippen LogP contribution >= 0.6 is 0 Å². The molecule has 1 aromatic carbocycles. The molecular weight excluding hydrogens is 308 g/mol. The maximum absolute atomic E-state index is 12.8. The molecule has 2 aromatic rings. The molecule has 0 saturated carbocycles. The average molecular weight is 328 g/mol. The minimum atomic E-state index is -0.629. The number of para-hydroxylation sites is 1. The first kappa shape index (κ1) is 15.1. The first-order valence-corrected chi connectivity index (χ1v) is 8.32. The molecule has 1 aromatic heterocycles. The van der Waals surface area contributed by atoms with Crippen LogP contribution in [-0.2, 0) is 16.6 Å². The molecule has 2 unspecified atom stereocenters. The number of benzene rings is 1. The summed E-state index contributed by atoms with van der Waals surface area (Å²) in [6, 6.07) is 5.26. The SMILES string of the molecule is Cn1c(=O)n(C2CCC(=O)NC2=O)c2cccc(C3CCNC3)c21. The number of carbonyl (C=O) groups excluding carboxylic acids is 2. The molecule has 0 spiro atoms. The molecule has 2 atom stereocenters. The van der Waals surface area contributed by atoms with Crippen LogP contribution in [0.3, 0.4) is 0 Å². The fourth-order valence-electron chi connectivity index (χ4n) is 3.95. The lowest BCUT2D eigenvalue weighted by Crippen LogP contribution is -2.44. The van der Waals surface area contributed by atoms with Gasteiger partial charge in [0.15, 0.2) is 0 Å². The van der Waals surface area contributed by atoms with Crippen molar-refractivity contribution in [2.45, 2.75) is 31.2 Å². The highest BCUT2D eigenvalue weighted by molar-refractivity contribution is 6.00. The zero-order valence-electron chi connectivity index (χ0n) is 13.5. The van der Waals surface area contributed by atoms with E-state index < -0.39 is 11.9 Å². The van der Waals surface area contributed by atoms with Crippen molar-refractivity contribution in [3.05, 3.63) is 34.2 Å². The number of carbonyl (C=O) groups is 2. The van der Waals surface area contributed by atoms with E-state index in [1.165, 1.54) is 0 Å². The van der Waals surface area contributed by atoms with Crippen LogP contribution in [0.4, 0.5) is 0 Å². The Morgan fingerprint density at radius 3 is 2.71 bits per heavy atom. The number of rotatable bonds is 2. The van der Waals surface area contributed by atoms with E-state index >= 15 is 0 Å². The molecule has 4 rings (SSSR count). The summed E-state index contributed by atoms with van der Waals surface area (Å²) in [5.74, 6) is -0.298. The number of fused-ring (bicyclic) bond motifs is 1. The van der Waals surface area contributed by atoms with Crippen molar-refractivity contribution in [3.63, 3.8) is 0 Å². The van der Waals surface area contributed by atoms with Crippen molar-refractivity contribution < 1.29 is 9.59 Å². The van der Waals surface area contributed by atoms with E-state index in [9.17, 15) is 14.4 Å². The number of imide groups is 1. The Hall–Kier alpha value is -2.41. The predicted octanol–water partition coefficient (Wildman–Crippen LogP) is 0.395. The second kappa shape index (κ2) is 5.59. The smallest absolute Gasteiger partial charge is 0.316 e. The predicted molar refractivity (Wildman–Crippen MR) is 88.8 cm³/mol. The molecule has 7 nitrogen and oxygen atoms in total. The Bertz CT molecular complexity index is 889. The highest BCUT2D eigenvalue weighted by Gasteiger charge is 2.32. The molecular formula is C17H20N4O3. The quantitative estimate of drug-likeness (QED) is 0.781. The van der Waals surface area contributed by atoms with Gasteiger partial charge in [-0.3, -0.25) is 24.0 Å². The highest BCUT2D eigenvalue weighted by Crippen LogP contribution is 2.31. The number of hydrogen-bond donors (Lipinski definition) is 2. The summed E-state index contributed by atoms with van der Waals surface area (Å²) in [4.78, 5) is 36.5. The third-order valence-electron chi connectivity index (χ3n) is 5.16. The van der Waals surface area contributed by atoms with Crippen LogP contribution < -0.4 is 16.3 Å². The van der Waals surface area contributed by atoms with Gasteiger partial charge in [-0.05, 0) is 36.9 Å². The molecule has 2 amide bonds. The molecule has 2 saturated heterocycles. The molecule has 0 aliphatic carbocycles. The summed E-state index contributed by atoms with van der Waals surface area (Å²) < 4.78 is 3.18. The van der Waals surface area contributed by atoms with Crippen LogP contribution in [0.25, 0.3) is 11.0 Å². The van der Waals surface area contributed by atoms with Gasteiger partial charge in [0.05, 0.1) is 11.0 Å². The second-order valence-electron chi connectivity index (χ2n) is 6.58. The number of aryl methyl sites for hydroxylation is 1. The molecule has 2 N–H and O–H groups in total. The molecule has 2 aliphatic heterocycles. The number of aromatic nitrogens is 2. The topological polar surface area (TPSA) is 85.1 Å². The van der Waals surface area contributed by atoms with Gasteiger partial charge in [-0.25, -0.2) is 4.79 Å². The molecule has 2 fully saturated rings. The molecule has 0 bridgehead atoms. The van der Waals surface area contributed by atoms with Crippen molar-refractivity contribution in [3.8, 4) is 0 Å². The van der Waals surface area contributed by atoms with Crippen LogP contribution in [0.15, 0.2) is 23.0 Å². The van der Waals surface area contributed by atoms with E-state index in [4.69, 9.17) is 0 Å². The molecule has 2 aliphatic rings. The Kier molecular flexibility index (Phi) is 3.53. The van der Waals surface area contributed by atoms with E-state index in [0.29, 0.717) is 12.3 Å². The summed E-state index contributed by atoms with van der Waals surface area (Å²) in [6.07, 6.45) is 1.65. The van der Waals surface area contributed by atoms with Crippen LogP contribution in [0.1, 0.15) is 36.8 Å². The first-order valence-electron chi connectivity index (χ1n) is 8.32. The third kappa shape index (κ3) is 2.19. The minimum absolute atomic E-state index is 0.210. The molecule has 24 heavy (non-hydrogen) atoms. The van der Waals surface area contributed by atoms with Gasteiger partial charge in [-0.15, -0.1) is 0 Å². The van der Waals surface area contributed by atoms with Crippen molar-refractivity contribution in [2.24, 2.45) is 7.05 Å². The van der Waals surface area contributed by atoms with E-state index in [-0.39, 0.29) is 18.0 Å². The molecule has 7 heteroatoms. The number of amides is 2. The number of hydrogen-bond acceptors (Lipinski definition) is 4. The van der Waals surface area contributed by atoms with Gasteiger partial charge in [0.25, 0.3) is 0 Å². The summed E-state index contributed by atoms with van der Waals surface area (Å²) in [7, 11) is 1.75. The van der Waals surface area contributed by atoms with Crippen LogP contribution in [0, 0.1) is 0 Å².